The Morgan fingerprint density at radius 1 is 1.33 bits per heavy atom. The number of thioether (sulfide) groups is 1. The Bertz CT molecular complexity index is 93.8. The quantitative estimate of drug-likeness (QED) is 0.618. The highest BCUT2D eigenvalue weighted by Gasteiger charge is 2.11. The van der Waals surface area contributed by atoms with Gasteiger partial charge in [0.05, 0.1) is 0 Å². The van der Waals surface area contributed by atoms with Crippen molar-refractivity contribution in [2.24, 2.45) is 11.8 Å². The van der Waals surface area contributed by atoms with Gasteiger partial charge in [-0.15, -0.1) is 0 Å². The fourth-order valence-corrected chi connectivity index (χ4v) is 2.07. The molecule has 0 spiro atoms. The Morgan fingerprint density at radius 2 is 2.00 bits per heavy atom. The third-order valence-electron chi connectivity index (χ3n) is 2.25. The minimum atomic E-state index is 0.815. The van der Waals surface area contributed by atoms with E-state index < -0.39 is 0 Å². The summed E-state index contributed by atoms with van der Waals surface area (Å²) in [6.45, 7) is 8.03. The molecule has 0 aromatic heterocycles. The van der Waals surface area contributed by atoms with E-state index in [4.69, 9.17) is 0 Å². The molecule has 1 N–H and O–H groups in total. The van der Waals surface area contributed by atoms with Crippen LogP contribution in [0.15, 0.2) is 0 Å². The van der Waals surface area contributed by atoms with E-state index in [1.165, 1.54) is 24.5 Å². The molecule has 0 heterocycles. The highest BCUT2D eigenvalue weighted by molar-refractivity contribution is 7.99. The fraction of sp³-hybridized carbons (Fsp3) is 1.00. The lowest BCUT2D eigenvalue weighted by molar-refractivity contribution is 0.364. The molecule has 1 unspecified atom stereocenters. The summed E-state index contributed by atoms with van der Waals surface area (Å²) in [6.07, 6.45) is 1.36. The van der Waals surface area contributed by atoms with Crippen molar-refractivity contribution in [3.63, 3.8) is 0 Å². The molecule has 0 aromatic rings. The summed E-state index contributed by atoms with van der Waals surface area (Å²) >= 11 is 2.05. The lowest BCUT2D eigenvalue weighted by Gasteiger charge is -2.19. The van der Waals surface area contributed by atoms with E-state index in [2.05, 4.69) is 37.8 Å². The van der Waals surface area contributed by atoms with E-state index in [0.29, 0.717) is 0 Å². The van der Waals surface area contributed by atoms with Crippen LogP contribution in [0.3, 0.4) is 0 Å². The highest BCUT2D eigenvalue weighted by atomic mass is 32.2. The van der Waals surface area contributed by atoms with Crippen LogP contribution >= 0.6 is 11.8 Å². The van der Waals surface area contributed by atoms with Crippen LogP contribution in [0.2, 0.25) is 0 Å². The van der Waals surface area contributed by atoms with Gasteiger partial charge in [-0.25, -0.2) is 0 Å². The van der Waals surface area contributed by atoms with Crippen molar-refractivity contribution < 1.29 is 0 Å². The van der Waals surface area contributed by atoms with E-state index in [0.717, 1.165) is 11.8 Å². The Hall–Kier alpha value is 0.310. The largest absolute Gasteiger partial charge is 0.319 e. The van der Waals surface area contributed by atoms with Gasteiger partial charge in [0.2, 0.25) is 0 Å². The van der Waals surface area contributed by atoms with Gasteiger partial charge in [0, 0.05) is 0 Å². The highest BCUT2D eigenvalue weighted by Crippen LogP contribution is 2.17. The molecule has 0 aliphatic carbocycles. The lowest BCUT2D eigenvalue weighted by atomic mass is 9.93. The molecule has 0 rings (SSSR count). The first kappa shape index (κ1) is 12.3. The van der Waals surface area contributed by atoms with Crippen molar-refractivity contribution in [2.45, 2.75) is 27.2 Å². The van der Waals surface area contributed by atoms with Crippen molar-refractivity contribution >= 4 is 11.8 Å². The molecule has 0 saturated heterocycles. The zero-order chi connectivity index (χ0) is 9.40. The minimum Gasteiger partial charge on any atom is -0.319 e. The number of rotatable bonds is 7. The zero-order valence-corrected chi connectivity index (χ0v) is 9.71. The SMILES string of the molecule is CCSCCC(CNC)C(C)C. The maximum atomic E-state index is 3.27. The Balaban J connectivity index is 3.49. The van der Waals surface area contributed by atoms with Crippen LogP contribution in [0.4, 0.5) is 0 Å². The van der Waals surface area contributed by atoms with Gasteiger partial charge < -0.3 is 5.32 Å². The number of nitrogens with one attached hydrogen (secondary N) is 1. The smallest absolute Gasteiger partial charge is 0.00208 e. The van der Waals surface area contributed by atoms with Gasteiger partial charge in [-0.1, -0.05) is 20.8 Å². The van der Waals surface area contributed by atoms with E-state index in [1.54, 1.807) is 0 Å². The topological polar surface area (TPSA) is 12.0 Å². The van der Waals surface area contributed by atoms with Crippen LogP contribution in [-0.2, 0) is 0 Å². The molecular weight excluding hydrogens is 166 g/mol. The monoisotopic (exact) mass is 189 g/mol. The standard InChI is InChI=1S/C10H23NS/c1-5-12-7-6-10(8-11-4)9(2)3/h9-11H,5-8H2,1-4H3. The molecule has 0 aliphatic rings. The minimum absolute atomic E-state index is 0.815. The fourth-order valence-electron chi connectivity index (χ4n) is 1.31. The molecule has 0 amide bonds. The molecule has 0 radical (unpaired) electrons. The second-order valence-electron chi connectivity index (χ2n) is 3.55. The second kappa shape index (κ2) is 7.93. The van der Waals surface area contributed by atoms with Crippen LogP contribution in [0, 0.1) is 11.8 Å². The number of hydrogen-bond acceptors (Lipinski definition) is 2. The Labute approximate surface area is 81.7 Å². The summed E-state index contributed by atoms with van der Waals surface area (Å²) in [6, 6.07) is 0. The average molecular weight is 189 g/mol. The molecule has 0 fully saturated rings. The van der Waals surface area contributed by atoms with Crippen molar-refractivity contribution in [2.75, 3.05) is 25.1 Å². The Morgan fingerprint density at radius 3 is 2.42 bits per heavy atom. The van der Waals surface area contributed by atoms with Crippen molar-refractivity contribution in [1.29, 1.82) is 0 Å². The molecular formula is C10H23NS. The van der Waals surface area contributed by atoms with Gasteiger partial charge in [0.1, 0.15) is 0 Å². The molecule has 74 valence electrons. The van der Waals surface area contributed by atoms with E-state index in [-0.39, 0.29) is 0 Å². The summed E-state index contributed by atoms with van der Waals surface area (Å²) in [4.78, 5) is 0. The zero-order valence-electron chi connectivity index (χ0n) is 8.89. The van der Waals surface area contributed by atoms with Gasteiger partial charge >= 0.3 is 0 Å². The van der Waals surface area contributed by atoms with Crippen LogP contribution < -0.4 is 5.32 Å². The molecule has 1 atom stereocenters. The van der Waals surface area contributed by atoms with E-state index in [9.17, 15) is 0 Å². The summed E-state index contributed by atoms with van der Waals surface area (Å²) in [7, 11) is 2.04. The van der Waals surface area contributed by atoms with Gasteiger partial charge in [0.25, 0.3) is 0 Å². The van der Waals surface area contributed by atoms with E-state index in [1.807, 2.05) is 7.05 Å². The molecule has 2 heteroatoms. The van der Waals surface area contributed by atoms with Crippen molar-refractivity contribution in [3.05, 3.63) is 0 Å². The van der Waals surface area contributed by atoms with E-state index >= 15 is 0 Å². The predicted octanol–water partition coefficient (Wildman–Crippen LogP) is 2.62. The first-order valence-electron chi connectivity index (χ1n) is 4.94. The van der Waals surface area contributed by atoms with Gasteiger partial charge in [-0.3, -0.25) is 0 Å². The van der Waals surface area contributed by atoms with Crippen LogP contribution in [0.5, 0.6) is 0 Å². The van der Waals surface area contributed by atoms with Crippen LogP contribution in [0.1, 0.15) is 27.2 Å². The van der Waals surface area contributed by atoms with Crippen molar-refractivity contribution in [3.8, 4) is 0 Å². The molecule has 0 aromatic carbocycles. The normalized spacial score (nSPS) is 13.8. The van der Waals surface area contributed by atoms with Crippen LogP contribution in [0.25, 0.3) is 0 Å². The predicted molar refractivity (Wildman–Crippen MR) is 59.9 cm³/mol. The first-order valence-corrected chi connectivity index (χ1v) is 6.10. The molecule has 0 aliphatic heterocycles. The lowest BCUT2D eigenvalue weighted by Crippen LogP contribution is -2.23. The molecule has 12 heavy (non-hydrogen) atoms. The van der Waals surface area contributed by atoms with Gasteiger partial charge in [-0.2, -0.15) is 11.8 Å². The third-order valence-corrected chi connectivity index (χ3v) is 3.18. The van der Waals surface area contributed by atoms with Gasteiger partial charge in [-0.05, 0) is 43.4 Å². The first-order chi connectivity index (χ1) is 5.72. The molecule has 1 nitrogen and oxygen atoms in total. The molecule has 0 bridgehead atoms. The molecule has 0 saturated carbocycles. The number of hydrogen-bond donors (Lipinski definition) is 1. The third kappa shape index (κ3) is 5.90. The summed E-state index contributed by atoms with van der Waals surface area (Å²) in [5.74, 6) is 4.25. The Kier molecular flexibility index (Phi) is 8.14. The summed E-state index contributed by atoms with van der Waals surface area (Å²) < 4.78 is 0. The van der Waals surface area contributed by atoms with Crippen molar-refractivity contribution in [1.82, 2.24) is 5.32 Å². The summed E-state index contributed by atoms with van der Waals surface area (Å²) in [5, 5.41) is 3.27. The van der Waals surface area contributed by atoms with Gasteiger partial charge in [0.15, 0.2) is 0 Å². The maximum absolute atomic E-state index is 3.27. The maximum Gasteiger partial charge on any atom is -0.00208 e. The average Bonchev–Trinajstić information content (AvgIpc) is 2.03. The second-order valence-corrected chi connectivity index (χ2v) is 4.94. The summed E-state index contributed by atoms with van der Waals surface area (Å²) in [5.41, 5.74) is 0. The van der Waals surface area contributed by atoms with Crippen LogP contribution in [-0.4, -0.2) is 25.1 Å².